The Labute approximate surface area is 129 Å². The molecule has 3 rings (SSSR count). The number of carbonyl (C=O) groups is 1. The normalized spacial score (nSPS) is 25.6. The van der Waals surface area contributed by atoms with E-state index in [0.717, 1.165) is 13.0 Å². The van der Waals surface area contributed by atoms with Crippen LogP contribution in [-0.4, -0.2) is 36.9 Å². The van der Waals surface area contributed by atoms with Crippen LogP contribution in [0.25, 0.3) is 0 Å². The lowest BCUT2D eigenvalue weighted by Gasteiger charge is -2.12. The highest BCUT2D eigenvalue weighted by Gasteiger charge is 2.44. The van der Waals surface area contributed by atoms with Crippen LogP contribution in [0.2, 0.25) is 0 Å². The maximum atomic E-state index is 12.0. The van der Waals surface area contributed by atoms with Crippen molar-refractivity contribution < 1.29 is 14.6 Å². The number of thiophene rings is 1. The molecule has 0 aromatic carbocycles. The van der Waals surface area contributed by atoms with Crippen LogP contribution in [-0.2, 0) is 9.53 Å². The molecule has 2 N–H and O–H groups in total. The number of aliphatic hydroxyl groups excluding tert-OH is 1. The number of amides is 1. The molecule has 0 bridgehead atoms. The second-order valence-corrected chi connectivity index (χ2v) is 7.60. The third-order valence-corrected chi connectivity index (χ3v) is 5.26. The van der Waals surface area contributed by atoms with Gasteiger partial charge in [-0.1, -0.05) is 0 Å². The molecule has 21 heavy (non-hydrogen) atoms. The first kappa shape index (κ1) is 15.0. The number of hydrogen-bond donors (Lipinski definition) is 2. The highest BCUT2D eigenvalue weighted by molar-refractivity contribution is 7.12. The Bertz CT molecular complexity index is 497. The summed E-state index contributed by atoms with van der Waals surface area (Å²) in [7, 11) is 0. The zero-order chi connectivity index (χ0) is 14.8. The van der Waals surface area contributed by atoms with Crippen molar-refractivity contribution in [3.8, 4) is 0 Å². The summed E-state index contributed by atoms with van der Waals surface area (Å²) < 4.78 is 5.42. The Kier molecular flexibility index (Phi) is 4.62. The number of rotatable bonds is 8. The molecule has 0 saturated heterocycles. The number of carbonyl (C=O) groups excluding carboxylic acids is 1. The summed E-state index contributed by atoms with van der Waals surface area (Å²) in [6.45, 7) is 3.43. The van der Waals surface area contributed by atoms with Crippen molar-refractivity contribution in [2.45, 2.75) is 38.2 Å². The summed E-state index contributed by atoms with van der Waals surface area (Å²) in [6, 6.07) is 4.23. The number of aryl methyl sites for hydroxylation is 1. The van der Waals surface area contributed by atoms with Gasteiger partial charge in [0.2, 0.25) is 5.91 Å². The maximum absolute atomic E-state index is 12.0. The van der Waals surface area contributed by atoms with Gasteiger partial charge in [-0.2, -0.15) is 0 Å². The van der Waals surface area contributed by atoms with Gasteiger partial charge >= 0.3 is 0 Å². The molecule has 2 aliphatic carbocycles. The lowest BCUT2D eigenvalue weighted by atomic mass is 10.2. The van der Waals surface area contributed by atoms with Crippen LogP contribution in [0.3, 0.4) is 0 Å². The van der Waals surface area contributed by atoms with Crippen LogP contribution in [0, 0.1) is 18.8 Å². The Hall–Kier alpha value is -0.910. The second-order valence-electron chi connectivity index (χ2n) is 6.28. The predicted octanol–water partition coefficient (Wildman–Crippen LogP) is 2.06. The largest absolute Gasteiger partial charge is 0.389 e. The van der Waals surface area contributed by atoms with Gasteiger partial charge in [0.15, 0.2) is 0 Å². The molecule has 3 atom stereocenters. The molecule has 2 aliphatic rings. The summed E-state index contributed by atoms with van der Waals surface area (Å²) in [6.07, 6.45) is 2.82. The molecule has 0 radical (unpaired) electrons. The molecule has 1 amide bonds. The maximum Gasteiger partial charge on any atom is 0.223 e. The van der Waals surface area contributed by atoms with Crippen molar-refractivity contribution in [3.63, 3.8) is 0 Å². The van der Waals surface area contributed by atoms with Crippen LogP contribution in [0.15, 0.2) is 12.1 Å². The van der Waals surface area contributed by atoms with E-state index in [4.69, 9.17) is 4.74 Å². The van der Waals surface area contributed by atoms with Crippen LogP contribution >= 0.6 is 11.3 Å². The molecule has 2 saturated carbocycles. The third kappa shape index (κ3) is 4.28. The fraction of sp³-hybridized carbons (Fsp3) is 0.688. The number of nitrogens with one attached hydrogen (secondary N) is 1. The molecule has 3 unspecified atom stereocenters. The minimum atomic E-state index is -0.603. The molecule has 1 aromatic rings. The summed E-state index contributed by atoms with van der Waals surface area (Å²) in [4.78, 5) is 14.6. The lowest BCUT2D eigenvalue weighted by Crippen LogP contribution is -2.35. The van der Waals surface area contributed by atoms with Gasteiger partial charge in [0.1, 0.15) is 0 Å². The minimum absolute atomic E-state index is 0.0623. The first-order valence-electron chi connectivity index (χ1n) is 7.73. The Morgan fingerprint density at radius 2 is 2.33 bits per heavy atom. The Morgan fingerprint density at radius 1 is 1.52 bits per heavy atom. The van der Waals surface area contributed by atoms with E-state index in [-0.39, 0.29) is 18.4 Å². The van der Waals surface area contributed by atoms with Crippen LogP contribution in [0.5, 0.6) is 0 Å². The summed E-state index contributed by atoms with van der Waals surface area (Å²) >= 11 is 1.77. The SMILES string of the molecule is Cc1ccc(C2CC2C(=O)NCC(O)COCC2CC2)s1. The highest BCUT2D eigenvalue weighted by Crippen LogP contribution is 2.49. The average Bonchev–Trinajstić information content (AvgIpc) is 3.36. The summed E-state index contributed by atoms with van der Waals surface area (Å²) in [5.74, 6) is 1.23. The van der Waals surface area contributed by atoms with Crippen molar-refractivity contribution >= 4 is 17.2 Å². The van der Waals surface area contributed by atoms with E-state index in [1.165, 1.54) is 22.6 Å². The van der Waals surface area contributed by atoms with E-state index in [1.807, 2.05) is 0 Å². The van der Waals surface area contributed by atoms with Gasteiger partial charge in [0.25, 0.3) is 0 Å². The van der Waals surface area contributed by atoms with Gasteiger partial charge in [-0.15, -0.1) is 11.3 Å². The van der Waals surface area contributed by atoms with Crippen LogP contribution in [0.1, 0.15) is 34.9 Å². The average molecular weight is 309 g/mol. The predicted molar refractivity (Wildman–Crippen MR) is 82.5 cm³/mol. The van der Waals surface area contributed by atoms with Gasteiger partial charge < -0.3 is 15.2 Å². The van der Waals surface area contributed by atoms with E-state index in [1.54, 1.807) is 11.3 Å². The van der Waals surface area contributed by atoms with Gasteiger partial charge in [0, 0.05) is 34.7 Å². The molecule has 1 heterocycles. The topological polar surface area (TPSA) is 58.6 Å². The van der Waals surface area contributed by atoms with Gasteiger partial charge in [-0.3, -0.25) is 4.79 Å². The first-order valence-corrected chi connectivity index (χ1v) is 8.55. The molecular weight excluding hydrogens is 286 g/mol. The number of hydrogen-bond acceptors (Lipinski definition) is 4. The van der Waals surface area contributed by atoms with E-state index in [0.29, 0.717) is 18.4 Å². The van der Waals surface area contributed by atoms with E-state index >= 15 is 0 Å². The zero-order valence-corrected chi connectivity index (χ0v) is 13.2. The smallest absolute Gasteiger partial charge is 0.223 e. The van der Waals surface area contributed by atoms with Crippen molar-refractivity contribution in [3.05, 3.63) is 21.9 Å². The molecule has 1 aromatic heterocycles. The van der Waals surface area contributed by atoms with Crippen LogP contribution < -0.4 is 5.32 Å². The van der Waals surface area contributed by atoms with Gasteiger partial charge in [0.05, 0.1) is 12.7 Å². The molecular formula is C16H23NO3S. The molecule has 0 aliphatic heterocycles. The molecule has 5 heteroatoms. The minimum Gasteiger partial charge on any atom is -0.389 e. The first-order chi connectivity index (χ1) is 10.1. The molecule has 116 valence electrons. The summed E-state index contributed by atoms with van der Waals surface area (Å²) in [5.41, 5.74) is 0. The van der Waals surface area contributed by atoms with E-state index in [9.17, 15) is 9.90 Å². The van der Waals surface area contributed by atoms with Gasteiger partial charge in [-0.25, -0.2) is 0 Å². The lowest BCUT2D eigenvalue weighted by molar-refractivity contribution is -0.123. The fourth-order valence-corrected chi connectivity index (χ4v) is 3.57. The van der Waals surface area contributed by atoms with Crippen molar-refractivity contribution in [1.29, 1.82) is 0 Å². The number of ether oxygens (including phenoxy) is 1. The van der Waals surface area contributed by atoms with Crippen molar-refractivity contribution in [2.24, 2.45) is 11.8 Å². The number of aliphatic hydroxyl groups is 1. The second kappa shape index (κ2) is 6.46. The molecule has 2 fully saturated rings. The van der Waals surface area contributed by atoms with Crippen molar-refractivity contribution in [1.82, 2.24) is 5.32 Å². The third-order valence-electron chi connectivity index (χ3n) is 4.13. The molecule has 0 spiro atoms. The van der Waals surface area contributed by atoms with Crippen molar-refractivity contribution in [2.75, 3.05) is 19.8 Å². The monoisotopic (exact) mass is 309 g/mol. The quantitative estimate of drug-likeness (QED) is 0.773. The fourth-order valence-electron chi connectivity index (χ4n) is 2.52. The van der Waals surface area contributed by atoms with E-state index in [2.05, 4.69) is 24.4 Å². The Balaban J connectivity index is 1.33. The molecule has 4 nitrogen and oxygen atoms in total. The van der Waals surface area contributed by atoms with Gasteiger partial charge in [-0.05, 0) is 44.2 Å². The standard InChI is InChI=1S/C16H23NO3S/c1-10-2-5-15(21-10)13-6-14(13)16(19)17-7-12(18)9-20-8-11-3-4-11/h2,5,11-14,18H,3-4,6-9H2,1H3,(H,17,19). The summed E-state index contributed by atoms with van der Waals surface area (Å²) in [5, 5.41) is 12.6. The van der Waals surface area contributed by atoms with Crippen LogP contribution in [0.4, 0.5) is 0 Å². The Morgan fingerprint density at radius 3 is 3.00 bits per heavy atom. The van der Waals surface area contributed by atoms with E-state index < -0.39 is 6.10 Å². The zero-order valence-electron chi connectivity index (χ0n) is 12.4. The highest BCUT2D eigenvalue weighted by atomic mass is 32.1.